The maximum Gasteiger partial charge on any atom is 0.252 e. The van der Waals surface area contributed by atoms with Crippen molar-refractivity contribution < 1.29 is 0 Å². The molecule has 0 aliphatic heterocycles. The third-order valence-electron chi connectivity index (χ3n) is 1.82. The van der Waals surface area contributed by atoms with E-state index in [1.807, 2.05) is 12.5 Å². The molecular weight excluding hydrogens is 256 g/mol. The summed E-state index contributed by atoms with van der Waals surface area (Å²) in [6.07, 6.45) is 8.63. The molecule has 0 aliphatic carbocycles. The summed E-state index contributed by atoms with van der Waals surface area (Å²) < 4.78 is 2.49. The van der Waals surface area contributed by atoms with Gasteiger partial charge in [0.25, 0.3) is 5.95 Å². The third-order valence-corrected chi connectivity index (χ3v) is 3.70. The van der Waals surface area contributed by atoms with E-state index < -0.39 is 0 Å². The van der Waals surface area contributed by atoms with E-state index in [9.17, 15) is 0 Å². The molecule has 0 amide bonds. The van der Waals surface area contributed by atoms with Gasteiger partial charge in [0.15, 0.2) is 5.82 Å². The molecule has 0 spiro atoms. The maximum atomic E-state index is 4.32. The average molecular weight is 266 g/mol. The first kappa shape index (κ1) is 12.1. The predicted molar refractivity (Wildman–Crippen MR) is 71.1 cm³/mol. The van der Waals surface area contributed by atoms with Crippen LogP contribution in [0.4, 0.5) is 5.95 Å². The molecule has 0 radical (unpaired) electrons. The highest BCUT2D eigenvalue weighted by Crippen LogP contribution is 2.16. The number of hydrogen-bond donors (Lipinski definition) is 0. The second kappa shape index (κ2) is 5.78. The van der Waals surface area contributed by atoms with Crippen LogP contribution in [0, 0.1) is 0 Å². The Balaban J connectivity index is 2.32. The number of thioether (sulfide) groups is 2. The minimum absolute atomic E-state index is 0.427. The Bertz CT molecular complexity index is 504. The zero-order chi connectivity index (χ0) is 12.1. The fourth-order valence-electron chi connectivity index (χ4n) is 1.10. The molecule has 6 nitrogen and oxygen atoms in total. The zero-order valence-corrected chi connectivity index (χ0v) is 10.9. The van der Waals surface area contributed by atoms with Crippen LogP contribution < -0.4 is 0 Å². The van der Waals surface area contributed by atoms with Gasteiger partial charge in [-0.05, 0) is 12.5 Å². The molecule has 0 aliphatic rings. The molecule has 17 heavy (non-hydrogen) atoms. The Morgan fingerprint density at radius 3 is 2.82 bits per heavy atom. The van der Waals surface area contributed by atoms with Gasteiger partial charge in [-0.2, -0.15) is 15.1 Å². The van der Waals surface area contributed by atoms with Crippen LogP contribution in [0.25, 0.3) is 5.82 Å². The quantitative estimate of drug-likeness (QED) is 0.609. The molecule has 2 rings (SSSR count). The van der Waals surface area contributed by atoms with Gasteiger partial charge in [0.2, 0.25) is 0 Å². The van der Waals surface area contributed by atoms with Gasteiger partial charge in [-0.25, -0.2) is 14.6 Å². The van der Waals surface area contributed by atoms with Gasteiger partial charge < -0.3 is 0 Å². The maximum absolute atomic E-state index is 4.32. The van der Waals surface area contributed by atoms with Crippen molar-refractivity contribution in [2.24, 2.45) is 4.99 Å². The van der Waals surface area contributed by atoms with Crippen molar-refractivity contribution in [2.45, 2.75) is 0 Å². The highest BCUT2D eigenvalue weighted by molar-refractivity contribution is 8.38. The second-order valence-corrected chi connectivity index (χ2v) is 4.69. The van der Waals surface area contributed by atoms with E-state index in [0.29, 0.717) is 11.8 Å². The lowest BCUT2D eigenvalue weighted by Crippen LogP contribution is -1.98. The van der Waals surface area contributed by atoms with Gasteiger partial charge in [-0.3, -0.25) is 0 Å². The first-order chi connectivity index (χ1) is 8.33. The highest BCUT2D eigenvalue weighted by atomic mass is 32.2. The van der Waals surface area contributed by atoms with E-state index in [0.717, 1.165) is 4.38 Å². The van der Waals surface area contributed by atoms with Crippen molar-refractivity contribution in [3.8, 4) is 5.82 Å². The van der Waals surface area contributed by atoms with Crippen molar-refractivity contribution >= 4 is 33.8 Å². The summed E-state index contributed by atoms with van der Waals surface area (Å²) in [5.41, 5.74) is 0. The zero-order valence-electron chi connectivity index (χ0n) is 9.31. The lowest BCUT2D eigenvalue weighted by molar-refractivity contribution is 0.838. The summed E-state index contributed by atoms with van der Waals surface area (Å²) in [6.45, 7) is 0. The van der Waals surface area contributed by atoms with Gasteiger partial charge in [-0.15, -0.1) is 23.5 Å². The van der Waals surface area contributed by atoms with Crippen molar-refractivity contribution in [1.29, 1.82) is 0 Å². The van der Waals surface area contributed by atoms with Crippen LogP contribution >= 0.6 is 23.5 Å². The standard InChI is InChI=1S/C9H10N6S2/c1-16-9(17-2)14-8-11-4-3-7(13-8)15-6-10-5-12-15/h3-6H,1-2H3. The van der Waals surface area contributed by atoms with E-state index in [2.05, 4.69) is 25.0 Å². The third kappa shape index (κ3) is 3.04. The van der Waals surface area contributed by atoms with Gasteiger partial charge in [0.05, 0.1) is 0 Å². The van der Waals surface area contributed by atoms with Gasteiger partial charge in [0, 0.05) is 12.3 Å². The molecule has 8 heteroatoms. The summed E-state index contributed by atoms with van der Waals surface area (Å²) in [5.74, 6) is 1.08. The smallest absolute Gasteiger partial charge is 0.223 e. The van der Waals surface area contributed by atoms with E-state index in [1.54, 1.807) is 46.8 Å². The molecule has 2 aromatic heterocycles. The molecule has 88 valence electrons. The topological polar surface area (TPSA) is 68.8 Å². The summed E-state index contributed by atoms with van der Waals surface area (Å²) >= 11 is 3.13. The Morgan fingerprint density at radius 1 is 1.35 bits per heavy atom. The molecule has 2 aromatic rings. The lowest BCUT2D eigenvalue weighted by atomic mass is 10.6. The number of aromatic nitrogens is 5. The Kier molecular flexibility index (Phi) is 4.10. The molecule has 2 heterocycles. The molecule has 0 unspecified atom stereocenters. The molecule has 0 saturated carbocycles. The van der Waals surface area contributed by atoms with Crippen LogP contribution in [0.2, 0.25) is 0 Å². The van der Waals surface area contributed by atoms with Crippen molar-refractivity contribution in [2.75, 3.05) is 12.5 Å². The fraction of sp³-hybridized carbons (Fsp3) is 0.222. The largest absolute Gasteiger partial charge is 0.252 e. The summed E-state index contributed by atoms with van der Waals surface area (Å²) in [7, 11) is 0. The molecule has 0 N–H and O–H groups in total. The van der Waals surface area contributed by atoms with Crippen molar-refractivity contribution in [3.63, 3.8) is 0 Å². The number of rotatable bonds is 2. The summed E-state index contributed by atoms with van der Waals surface area (Å²) in [6, 6.07) is 1.76. The molecule has 0 atom stereocenters. The van der Waals surface area contributed by atoms with Crippen LogP contribution in [0.5, 0.6) is 0 Å². The SMILES string of the molecule is CSC(=Nc1nccc(-n2cncn2)n1)SC. The minimum Gasteiger partial charge on any atom is -0.223 e. The molecule has 0 saturated heterocycles. The highest BCUT2D eigenvalue weighted by Gasteiger charge is 2.02. The van der Waals surface area contributed by atoms with Crippen LogP contribution in [0.1, 0.15) is 0 Å². The Hall–Kier alpha value is -1.41. The first-order valence-corrected chi connectivity index (χ1v) is 7.13. The molecule has 0 aromatic carbocycles. The average Bonchev–Trinajstić information content (AvgIpc) is 2.90. The minimum atomic E-state index is 0.427. The lowest BCUT2D eigenvalue weighted by Gasteiger charge is -2.00. The van der Waals surface area contributed by atoms with E-state index in [-0.39, 0.29) is 0 Å². The van der Waals surface area contributed by atoms with Crippen LogP contribution in [-0.4, -0.2) is 41.6 Å². The Morgan fingerprint density at radius 2 is 2.18 bits per heavy atom. The van der Waals surface area contributed by atoms with E-state index in [4.69, 9.17) is 0 Å². The summed E-state index contributed by atoms with van der Waals surface area (Å²) in [4.78, 5) is 16.6. The predicted octanol–water partition coefficient (Wildman–Crippen LogP) is 1.77. The van der Waals surface area contributed by atoms with Gasteiger partial charge in [-0.1, -0.05) is 0 Å². The molecular formula is C9H10N6S2. The van der Waals surface area contributed by atoms with Crippen LogP contribution in [0.3, 0.4) is 0 Å². The normalized spacial score (nSPS) is 10.2. The molecule has 0 fully saturated rings. The van der Waals surface area contributed by atoms with E-state index in [1.165, 1.54) is 6.33 Å². The van der Waals surface area contributed by atoms with Gasteiger partial charge >= 0.3 is 0 Å². The second-order valence-electron chi connectivity index (χ2n) is 2.84. The number of nitrogens with zero attached hydrogens (tertiary/aromatic N) is 6. The van der Waals surface area contributed by atoms with Crippen LogP contribution in [0.15, 0.2) is 29.9 Å². The van der Waals surface area contributed by atoms with Crippen LogP contribution in [-0.2, 0) is 0 Å². The van der Waals surface area contributed by atoms with Gasteiger partial charge in [0.1, 0.15) is 17.0 Å². The van der Waals surface area contributed by atoms with Crippen molar-refractivity contribution in [3.05, 3.63) is 24.9 Å². The van der Waals surface area contributed by atoms with Crippen molar-refractivity contribution in [1.82, 2.24) is 24.7 Å². The summed E-state index contributed by atoms with van der Waals surface area (Å²) in [5, 5.41) is 4.00. The fourth-order valence-corrected chi connectivity index (χ4v) is 2.12. The van der Waals surface area contributed by atoms with E-state index >= 15 is 0 Å². The monoisotopic (exact) mass is 266 g/mol. The molecule has 0 bridgehead atoms. The first-order valence-electron chi connectivity index (χ1n) is 4.68. The number of aliphatic imine (C=N–C) groups is 1. The number of hydrogen-bond acceptors (Lipinski definition) is 7. The Labute approximate surface area is 107 Å².